The Labute approximate surface area is 208 Å². The van der Waals surface area contributed by atoms with E-state index in [1.54, 1.807) is 13.1 Å². The smallest absolute Gasteiger partial charge is 0.341 e. The number of anilines is 1. The third-order valence-electron chi connectivity index (χ3n) is 6.47. The van der Waals surface area contributed by atoms with Gasteiger partial charge in [0.1, 0.15) is 5.00 Å². The first kappa shape index (κ1) is 23.3. The maximum Gasteiger partial charge on any atom is 0.341 e. The Hall–Kier alpha value is -3.45. The van der Waals surface area contributed by atoms with Gasteiger partial charge in [0.15, 0.2) is 0 Å². The second-order valence-corrected chi connectivity index (χ2v) is 9.88. The van der Waals surface area contributed by atoms with Crippen LogP contribution in [-0.4, -0.2) is 28.5 Å². The molecule has 2 N–H and O–H groups in total. The Kier molecular flexibility index (Phi) is 6.95. The van der Waals surface area contributed by atoms with Gasteiger partial charge in [0.2, 0.25) is 5.91 Å². The molecule has 4 aromatic rings. The number of hydrogen-bond acceptors (Lipinski definition) is 5. The summed E-state index contributed by atoms with van der Waals surface area (Å²) in [6, 6.07) is 14.1. The fourth-order valence-corrected chi connectivity index (χ4v) is 6.17. The van der Waals surface area contributed by atoms with Gasteiger partial charge in [-0.15, -0.1) is 11.3 Å². The van der Waals surface area contributed by atoms with Crippen LogP contribution < -0.4 is 5.32 Å². The van der Waals surface area contributed by atoms with E-state index >= 15 is 0 Å². The first-order valence-corrected chi connectivity index (χ1v) is 13.1. The number of esters is 1. The fourth-order valence-electron chi connectivity index (χ4n) is 4.88. The lowest BCUT2D eigenvalue weighted by atomic mass is 9.95. The second kappa shape index (κ2) is 10.4. The van der Waals surface area contributed by atoms with E-state index in [9.17, 15) is 9.59 Å². The monoisotopic (exact) mass is 487 g/mol. The summed E-state index contributed by atoms with van der Waals surface area (Å²) >= 11 is 1.53. The highest BCUT2D eigenvalue weighted by molar-refractivity contribution is 7.17. The van der Waals surface area contributed by atoms with Crippen LogP contribution in [-0.2, 0) is 28.8 Å². The Morgan fingerprint density at radius 3 is 2.77 bits per heavy atom. The van der Waals surface area contributed by atoms with Gasteiger partial charge in [0, 0.05) is 28.4 Å². The second-order valence-electron chi connectivity index (χ2n) is 8.78. The largest absolute Gasteiger partial charge is 0.462 e. The van der Waals surface area contributed by atoms with Crippen LogP contribution in [0.5, 0.6) is 0 Å². The van der Waals surface area contributed by atoms with Crippen LogP contribution in [0.4, 0.5) is 5.00 Å². The lowest BCUT2D eigenvalue weighted by Crippen LogP contribution is -2.15. The molecule has 1 aliphatic carbocycles. The van der Waals surface area contributed by atoms with E-state index in [0.29, 0.717) is 30.0 Å². The quantitative estimate of drug-likeness (QED) is 0.285. The Morgan fingerprint density at radius 1 is 1.11 bits per heavy atom. The summed E-state index contributed by atoms with van der Waals surface area (Å²) in [6.45, 7) is 2.12. The lowest BCUT2D eigenvalue weighted by molar-refractivity contribution is -0.116. The van der Waals surface area contributed by atoms with E-state index in [2.05, 4.69) is 27.4 Å². The van der Waals surface area contributed by atoms with Gasteiger partial charge in [-0.25, -0.2) is 4.79 Å². The summed E-state index contributed by atoms with van der Waals surface area (Å²) in [5, 5.41) is 4.83. The highest BCUT2D eigenvalue weighted by Crippen LogP contribution is 2.39. The molecule has 1 amide bonds. The first-order valence-electron chi connectivity index (χ1n) is 12.3. The molecule has 0 fully saturated rings. The van der Waals surface area contributed by atoms with Crippen LogP contribution in [0.25, 0.3) is 22.3 Å². The number of pyridine rings is 1. The van der Waals surface area contributed by atoms with Gasteiger partial charge in [-0.3, -0.25) is 9.78 Å². The molecular formula is C28H29N3O3S. The molecule has 0 atom stereocenters. The average molecular weight is 488 g/mol. The van der Waals surface area contributed by atoms with Crippen molar-refractivity contribution in [3.05, 3.63) is 70.2 Å². The molecule has 0 aliphatic heterocycles. The molecule has 3 aromatic heterocycles. The molecule has 180 valence electrons. The SMILES string of the molecule is CCOC(=O)c1c(NC(=O)CCCc2c(-c3ccccn3)[nH]c3ccccc23)sc2c1CCCC2. The molecular weight excluding hydrogens is 458 g/mol. The standard InChI is InChI=1S/C28H29N3O3S/c1-2-34-28(33)25-20-11-4-6-15-23(20)35-27(25)31-24(32)16-9-12-19-18-10-3-5-13-21(18)30-26(19)22-14-7-8-17-29-22/h3,5,7-8,10,13-14,17,30H,2,4,6,9,11-12,15-16H2,1H3,(H,31,32). The van der Waals surface area contributed by atoms with Crippen LogP contribution in [0, 0.1) is 0 Å². The van der Waals surface area contributed by atoms with Crippen molar-refractivity contribution >= 4 is 39.1 Å². The van der Waals surface area contributed by atoms with Gasteiger partial charge in [-0.05, 0) is 74.8 Å². The minimum Gasteiger partial charge on any atom is -0.462 e. The maximum absolute atomic E-state index is 12.9. The summed E-state index contributed by atoms with van der Waals surface area (Å²) in [4.78, 5) is 34.8. The minimum absolute atomic E-state index is 0.0756. The van der Waals surface area contributed by atoms with Gasteiger partial charge in [0.25, 0.3) is 0 Å². The molecule has 0 unspecified atom stereocenters. The summed E-state index contributed by atoms with van der Waals surface area (Å²) < 4.78 is 5.31. The van der Waals surface area contributed by atoms with Gasteiger partial charge >= 0.3 is 5.97 Å². The number of aromatic nitrogens is 2. The fraction of sp³-hybridized carbons (Fsp3) is 0.321. The van der Waals surface area contributed by atoms with E-state index in [1.165, 1.54) is 21.8 Å². The summed E-state index contributed by atoms with van der Waals surface area (Å²) in [6.07, 6.45) is 7.60. The highest BCUT2D eigenvalue weighted by atomic mass is 32.1. The van der Waals surface area contributed by atoms with Crippen LogP contribution in [0.15, 0.2) is 48.7 Å². The number of fused-ring (bicyclic) bond motifs is 2. The molecule has 0 spiro atoms. The van der Waals surface area contributed by atoms with Gasteiger partial charge in [-0.2, -0.15) is 0 Å². The van der Waals surface area contributed by atoms with E-state index in [4.69, 9.17) is 4.74 Å². The zero-order valence-corrected chi connectivity index (χ0v) is 20.7. The normalized spacial score (nSPS) is 12.9. The molecule has 5 rings (SSSR count). The summed E-state index contributed by atoms with van der Waals surface area (Å²) in [5.41, 5.74) is 5.76. The number of aromatic amines is 1. The van der Waals surface area contributed by atoms with E-state index in [-0.39, 0.29) is 11.9 Å². The molecule has 0 saturated carbocycles. The molecule has 0 radical (unpaired) electrons. The number of thiophene rings is 1. The number of para-hydroxylation sites is 1. The van der Waals surface area contributed by atoms with Crippen molar-refractivity contribution in [3.8, 4) is 11.4 Å². The minimum atomic E-state index is -0.332. The van der Waals surface area contributed by atoms with Gasteiger partial charge < -0.3 is 15.0 Å². The van der Waals surface area contributed by atoms with Gasteiger partial charge in [0.05, 0.1) is 23.6 Å². The predicted molar refractivity (Wildman–Crippen MR) is 140 cm³/mol. The summed E-state index contributed by atoms with van der Waals surface area (Å²) in [7, 11) is 0. The van der Waals surface area contributed by atoms with E-state index in [1.807, 2.05) is 30.3 Å². The van der Waals surface area contributed by atoms with Crippen molar-refractivity contribution in [1.82, 2.24) is 9.97 Å². The van der Waals surface area contributed by atoms with Gasteiger partial charge in [-0.1, -0.05) is 24.3 Å². The van der Waals surface area contributed by atoms with Crippen molar-refractivity contribution in [2.24, 2.45) is 0 Å². The Balaban J connectivity index is 1.31. The Bertz CT molecular complexity index is 1360. The topological polar surface area (TPSA) is 84.1 Å². The molecule has 3 heterocycles. The third kappa shape index (κ3) is 4.86. The molecule has 35 heavy (non-hydrogen) atoms. The predicted octanol–water partition coefficient (Wildman–Crippen LogP) is 6.31. The summed E-state index contributed by atoms with van der Waals surface area (Å²) in [5.74, 6) is -0.408. The number of benzene rings is 1. The van der Waals surface area contributed by atoms with Crippen molar-refractivity contribution in [2.45, 2.75) is 51.9 Å². The van der Waals surface area contributed by atoms with Crippen LogP contribution in [0.1, 0.15) is 59.0 Å². The zero-order valence-electron chi connectivity index (χ0n) is 19.9. The average Bonchev–Trinajstić information content (AvgIpc) is 3.43. The number of aryl methyl sites for hydroxylation is 2. The number of nitrogens with one attached hydrogen (secondary N) is 2. The number of carbonyl (C=O) groups excluding carboxylic acids is 2. The molecule has 7 heteroatoms. The number of amides is 1. The number of hydrogen-bond donors (Lipinski definition) is 2. The first-order chi connectivity index (χ1) is 17.2. The van der Waals surface area contributed by atoms with Crippen molar-refractivity contribution in [2.75, 3.05) is 11.9 Å². The molecule has 1 aliphatic rings. The van der Waals surface area contributed by atoms with E-state index in [0.717, 1.165) is 60.0 Å². The lowest BCUT2D eigenvalue weighted by Gasteiger charge is -2.12. The highest BCUT2D eigenvalue weighted by Gasteiger charge is 2.27. The van der Waals surface area contributed by atoms with Crippen molar-refractivity contribution in [3.63, 3.8) is 0 Å². The van der Waals surface area contributed by atoms with Crippen molar-refractivity contribution < 1.29 is 14.3 Å². The number of carbonyl (C=O) groups is 2. The molecule has 1 aromatic carbocycles. The third-order valence-corrected chi connectivity index (χ3v) is 7.68. The molecule has 0 saturated heterocycles. The van der Waals surface area contributed by atoms with Crippen LogP contribution in [0.3, 0.4) is 0 Å². The van der Waals surface area contributed by atoms with Crippen molar-refractivity contribution in [1.29, 1.82) is 0 Å². The van der Waals surface area contributed by atoms with Crippen LogP contribution in [0.2, 0.25) is 0 Å². The Morgan fingerprint density at radius 2 is 1.94 bits per heavy atom. The van der Waals surface area contributed by atoms with Crippen LogP contribution >= 0.6 is 11.3 Å². The number of ether oxygens (including phenoxy) is 1. The number of nitrogens with zero attached hydrogens (tertiary/aromatic N) is 1. The molecule has 0 bridgehead atoms. The molecule has 6 nitrogen and oxygen atoms in total. The number of H-pyrrole nitrogens is 1. The number of rotatable bonds is 8. The van der Waals surface area contributed by atoms with E-state index < -0.39 is 0 Å². The zero-order chi connectivity index (χ0) is 24.2. The maximum atomic E-state index is 12.9.